The number of hydrogen-bond acceptors (Lipinski definition) is 3. The molecule has 3 heteroatoms. The summed E-state index contributed by atoms with van der Waals surface area (Å²) in [5, 5.41) is 0. The predicted octanol–water partition coefficient (Wildman–Crippen LogP) is 1.86. The zero-order valence-electron chi connectivity index (χ0n) is 11.1. The molecule has 0 amide bonds. The average Bonchev–Trinajstić information content (AvgIpc) is 2.29. The van der Waals surface area contributed by atoms with E-state index in [9.17, 15) is 0 Å². The van der Waals surface area contributed by atoms with Gasteiger partial charge in [-0.2, -0.15) is 0 Å². The Labute approximate surface area is 100 Å². The van der Waals surface area contributed by atoms with Crippen molar-refractivity contribution in [2.45, 2.75) is 51.1 Å². The molecule has 2 N–H and O–H groups in total. The molecule has 0 aromatic carbocycles. The molecule has 1 aliphatic rings. The van der Waals surface area contributed by atoms with Crippen LogP contribution in [-0.4, -0.2) is 44.3 Å². The van der Waals surface area contributed by atoms with Crippen LogP contribution in [0.5, 0.6) is 0 Å². The van der Waals surface area contributed by atoms with E-state index in [-0.39, 0.29) is 6.04 Å². The van der Waals surface area contributed by atoms with Crippen molar-refractivity contribution < 1.29 is 4.74 Å². The summed E-state index contributed by atoms with van der Waals surface area (Å²) in [5.41, 5.74) is 5.99. The van der Waals surface area contributed by atoms with Gasteiger partial charge in [-0.25, -0.2) is 0 Å². The van der Waals surface area contributed by atoms with Crippen molar-refractivity contribution in [3.8, 4) is 0 Å². The van der Waals surface area contributed by atoms with Gasteiger partial charge in [-0.15, -0.1) is 0 Å². The van der Waals surface area contributed by atoms with Crippen molar-refractivity contribution in [1.82, 2.24) is 4.90 Å². The first-order chi connectivity index (χ1) is 7.67. The second-order valence-electron chi connectivity index (χ2n) is 5.25. The molecule has 3 nitrogen and oxygen atoms in total. The lowest BCUT2D eigenvalue weighted by Crippen LogP contribution is -2.44. The van der Waals surface area contributed by atoms with Crippen molar-refractivity contribution in [3.63, 3.8) is 0 Å². The molecule has 0 saturated heterocycles. The minimum Gasteiger partial charge on any atom is -0.383 e. The SMILES string of the molecule is CCC1CCCC(N(C)CC(N)COC)C1. The number of rotatable bonds is 6. The number of ether oxygens (including phenoxy) is 1. The highest BCUT2D eigenvalue weighted by molar-refractivity contribution is 4.80. The topological polar surface area (TPSA) is 38.5 Å². The van der Waals surface area contributed by atoms with E-state index in [2.05, 4.69) is 18.9 Å². The third-order valence-electron chi connectivity index (χ3n) is 3.86. The van der Waals surface area contributed by atoms with Gasteiger partial charge < -0.3 is 15.4 Å². The summed E-state index contributed by atoms with van der Waals surface area (Å²) < 4.78 is 5.08. The van der Waals surface area contributed by atoms with Crippen molar-refractivity contribution in [2.75, 3.05) is 27.3 Å². The third-order valence-corrected chi connectivity index (χ3v) is 3.86. The average molecular weight is 228 g/mol. The lowest BCUT2D eigenvalue weighted by atomic mass is 9.83. The monoisotopic (exact) mass is 228 g/mol. The molecule has 0 heterocycles. The summed E-state index contributed by atoms with van der Waals surface area (Å²) in [6.07, 6.45) is 6.83. The van der Waals surface area contributed by atoms with E-state index >= 15 is 0 Å². The van der Waals surface area contributed by atoms with Crippen LogP contribution >= 0.6 is 0 Å². The molecule has 0 aliphatic heterocycles. The summed E-state index contributed by atoms with van der Waals surface area (Å²) in [6.45, 7) is 3.92. The molecule has 1 rings (SSSR count). The smallest absolute Gasteiger partial charge is 0.0626 e. The molecule has 0 spiro atoms. The molecule has 3 unspecified atom stereocenters. The van der Waals surface area contributed by atoms with Gasteiger partial charge >= 0.3 is 0 Å². The maximum Gasteiger partial charge on any atom is 0.0626 e. The Bertz CT molecular complexity index is 187. The summed E-state index contributed by atoms with van der Waals surface area (Å²) >= 11 is 0. The van der Waals surface area contributed by atoms with Crippen LogP contribution in [0.25, 0.3) is 0 Å². The van der Waals surface area contributed by atoms with Gasteiger partial charge in [0.05, 0.1) is 6.61 Å². The summed E-state index contributed by atoms with van der Waals surface area (Å²) in [5.74, 6) is 0.930. The summed E-state index contributed by atoms with van der Waals surface area (Å²) in [4.78, 5) is 2.44. The fraction of sp³-hybridized carbons (Fsp3) is 1.00. The van der Waals surface area contributed by atoms with Gasteiger partial charge in [0, 0.05) is 25.7 Å². The highest BCUT2D eigenvalue weighted by Crippen LogP contribution is 2.29. The molecule has 1 fully saturated rings. The molecular weight excluding hydrogens is 200 g/mol. The fourth-order valence-corrected chi connectivity index (χ4v) is 2.82. The van der Waals surface area contributed by atoms with Gasteiger partial charge in [-0.3, -0.25) is 0 Å². The van der Waals surface area contributed by atoms with Crippen molar-refractivity contribution in [3.05, 3.63) is 0 Å². The lowest BCUT2D eigenvalue weighted by Gasteiger charge is -2.36. The molecule has 1 saturated carbocycles. The Kier molecular flexibility index (Phi) is 6.32. The van der Waals surface area contributed by atoms with Gasteiger partial charge in [0.2, 0.25) is 0 Å². The lowest BCUT2D eigenvalue weighted by molar-refractivity contribution is 0.119. The van der Waals surface area contributed by atoms with E-state index in [1.165, 1.54) is 32.1 Å². The van der Waals surface area contributed by atoms with Crippen molar-refractivity contribution >= 4 is 0 Å². The van der Waals surface area contributed by atoms with Gasteiger partial charge in [0.25, 0.3) is 0 Å². The number of nitrogens with two attached hydrogens (primary N) is 1. The molecule has 1 aliphatic carbocycles. The zero-order chi connectivity index (χ0) is 12.0. The van der Waals surface area contributed by atoms with Gasteiger partial charge in [0.15, 0.2) is 0 Å². The maximum absolute atomic E-state index is 5.99. The largest absolute Gasteiger partial charge is 0.383 e. The number of methoxy groups -OCH3 is 1. The highest BCUT2D eigenvalue weighted by atomic mass is 16.5. The first-order valence-electron chi connectivity index (χ1n) is 6.62. The minimum absolute atomic E-state index is 0.150. The standard InChI is InChI=1S/C13H28N2O/c1-4-11-6-5-7-13(8-11)15(2)9-12(14)10-16-3/h11-13H,4-10,14H2,1-3H3. The van der Waals surface area contributed by atoms with Gasteiger partial charge in [-0.1, -0.05) is 26.2 Å². The van der Waals surface area contributed by atoms with Crippen LogP contribution < -0.4 is 5.73 Å². The minimum atomic E-state index is 0.150. The first-order valence-corrected chi connectivity index (χ1v) is 6.62. The van der Waals surface area contributed by atoms with E-state index in [0.29, 0.717) is 6.61 Å². The normalized spacial score (nSPS) is 28.3. The highest BCUT2D eigenvalue weighted by Gasteiger charge is 2.24. The van der Waals surface area contributed by atoms with Crippen LogP contribution in [0.2, 0.25) is 0 Å². The quantitative estimate of drug-likeness (QED) is 0.754. The van der Waals surface area contributed by atoms with Crippen LogP contribution in [0.15, 0.2) is 0 Å². The van der Waals surface area contributed by atoms with Crippen molar-refractivity contribution in [2.24, 2.45) is 11.7 Å². The summed E-state index contributed by atoms with van der Waals surface area (Å²) in [7, 11) is 3.92. The van der Waals surface area contributed by atoms with E-state index in [1.54, 1.807) is 7.11 Å². The van der Waals surface area contributed by atoms with Crippen LogP contribution in [0.4, 0.5) is 0 Å². The van der Waals surface area contributed by atoms with Crippen LogP contribution in [-0.2, 0) is 4.74 Å². The number of hydrogen-bond donors (Lipinski definition) is 1. The predicted molar refractivity (Wildman–Crippen MR) is 68.5 cm³/mol. The third kappa shape index (κ3) is 4.40. The Morgan fingerprint density at radius 2 is 2.19 bits per heavy atom. The van der Waals surface area contributed by atoms with E-state index < -0.39 is 0 Å². The molecule has 0 aromatic heterocycles. The van der Waals surface area contributed by atoms with Crippen LogP contribution in [0.3, 0.4) is 0 Å². The van der Waals surface area contributed by atoms with E-state index in [1.807, 2.05) is 0 Å². The van der Waals surface area contributed by atoms with Crippen LogP contribution in [0.1, 0.15) is 39.0 Å². The molecule has 16 heavy (non-hydrogen) atoms. The van der Waals surface area contributed by atoms with Crippen molar-refractivity contribution in [1.29, 1.82) is 0 Å². The van der Waals surface area contributed by atoms with E-state index in [0.717, 1.165) is 18.5 Å². The van der Waals surface area contributed by atoms with Gasteiger partial charge in [-0.05, 0) is 25.8 Å². The molecule has 0 bridgehead atoms. The zero-order valence-corrected chi connectivity index (χ0v) is 11.1. The summed E-state index contributed by atoms with van der Waals surface area (Å²) in [6, 6.07) is 0.888. The molecule has 3 atom stereocenters. The van der Waals surface area contributed by atoms with Crippen LogP contribution in [0, 0.1) is 5.92 Å². The van der Waals surface area contributed by atoms with Gasteiger partial charge in [0.1, 0.15) is 0 Å². The van der Waals surface area contributed by atoms with E-state index in [4.69, 9.17) is 10.5 Å². The first kappa shape index (κ1) is 13.9. The Morgan fingerprint density at radius 1 is 1.44 bits per heavy atom. The maximum atomic E-state index is 5.99. The molecule has 0 radical (unpaired) electrons. The molecule has 96 valence electrons. The molecular formula is C13H28N2O. The fourth-order valence-electron chi connectivity index (χ4n) is 2.82. The second-order valence-corrected chi connectivity index (χ2v) is 5.25. The molecule has 0 aromatic rings. The number of nitrogens with zero attached hydrogens (tertiary/aromatic N) is 1. The Hall–Kier alpha value is -0.120. The Morgan fingerprint density at radius 3 is 2.81 bits per heavy atom. The number of likely N-dealkylation sites (N-methyl/N-ethyl adjacent to an activating group) is 1. The second kappa shape index (κ2) is 7.25. The Balaban J connectivity index is 2.32.